The maximum Gasteiger partial charge on any atom is 0.344 e. The number of hydrogen-bond acceptors (Lipinski definition) is 6. The molecule has 10 heteroatoms. The number of carboxylic acids is 1. The molecule has 160 valence electrons. The first-order chi connectivity index (χ1) is 14.8. The van der Waals surface area contributed by atoms with E-state index in [2.05, 4.69) is 5.43 Å². The molecule has 1 aliphatic heterocycles. The van der Waals surface area contributed by atoms with Gasteiger partial charge in [0.1, 0.15) is 5.75 Å². The van der Waals surface area contributed by atoms with Crippen molar-refractivity contribution in [3.8, 4) is 5.75 Å². The Morgan fingerprint density at radius 1 is 1.26 bits per heavy atom. The van der Waals surface area contributed by atoms with Crippen LogP contribution in [0.2, 0.25) is 5.02 Å². The van der Waals surface area contributed by atoms with E-state index < -0.39 is 23.9 Å². The van der Waals surface area contributed by atoms with Crippen molar-refractivity contribution >= 4 is 63.8 Å². The van der Waals surface area contributed by atoms with Crippen LogP contribution in [0.5, 0.6) is 5.75 Å². The smallest absolute Gasteiger partial charge is 0.344 e. The molecule has 1 unspecified atom stereocenters. The van der Waals surface area contributed by atoms with E-state index in [9.17, 15) is 14.4 Å². The lowest BCUT2D eigenvalue weighted by Gasteiger charge is -2.16. The summed E-state index contributed by atoms with van der Waals surface area (Å²) in [5.41, 5.74) is 3.40. The second-order valence-corrected chi connectivity index (χ2v) is 8.44. The summed E-state index contributed by atoms with van der Waals surface area (Å²) in [6.07, 6.45) is 1.03. The zero-order valence-electron chi connectivity index (χ0n) is 16.2. The lowest BCUT2D eigenvalue weighted by molar-refractivity contribution is -0.145. The van der Waals surface area contributed by atoms with Crippen molar-refractivity contribution in [1.82, 2.24) is 10.4 Å². The topological polar surface area (TPSA) is 95.9 Å². The monoisotopic (exact) mass is 476 g/mol. The fourth-order valence-corrected chi connectivity index (χ4v) is 4.04. The Balaban J connectivity index is 1.70. The minimum absolute atomic E-state index is 0.184. The van der Waals surface area contributed by atoms with Crippen LogP contribution >= 0.6 is 35.6 Å². The maximum atomic E-state index is 12.7. The third-order valence-corrected chi connectivity index (χ3v) is 5.86. The van der Waals surface area contributed by atoms with Crippen molar-refractivity contribution in [3.05, 3.63) is 69.6 Å². The van der Waals surface area contributed by atoms with Gasteiger partial charge in [-0.3, -0.25) is 15.0 Å². The van der Waals surface area contributed by atoms with Gasteiger partial charge in [-0.2, -0.15) is 5.01 Å². The number of ether oxygens (including phenoxy) is 1. The van der Waals surface area contributed by atoms with Gasteiger partial charge in [0.15, 0.2) is 10.4 Å². The van der Waals surface area contributed by atoms with Crippen LogP contribution in [0.4, 0.5) is 0 Å². The number of nitrogens with zero attached hydrogens (tertiary/aromatic N) is 1. The van der Waals surface area contributed by atoms with Gasteiger partial charge in [-0.15, -0.1) is 0 Å². The third-order valence-electron chi connectivity index (χ3n) is 4.23. The van der Waals surface area contributed by atoms with E-state index in [-0.39, 0.29) is 14.9 Å². The molecule has 7 nitrogen and oxygen atoms in total. The van der Waals surface area contributed by atoms with E-state index in [1.807, 2.05) is 0 Å². The summed E-state index contributed by atoms with van der Waals surface area (Å²) < 4.78 is 5.61. The fraction of sp³-hybridized carbons (Fsp3) is 0.143. The zero-order valence-corrected chi connectivity index (χ0v) is 18.6. The number of carbonyl (C=O) groups excluding carboxylic acids is 2. The third kappa shape index (κ3) is 5.43. The Hall–Kier alpha value is -2.88. The van der Waals surface area contributed by atoms with Crippen molar-refractivity contribution in [2.24, 2.45) is 0 Å². The number of hydrogen-bond donors (Lipinski definition) is 2. The molecule has 0 saturated carbocycles. The van der Waals surface area contributed by atoms with Gasteiger partial charge in [-0.25, -0.2) is 4.79 Å². The number of rotatable bonds is 7. The molecule has 0 aromatic heterocycles. The summed E-state index contributed by atoms with van der Waals surface area (Å²) in [5, 5.41) is 10.3. The predicted molar refractivity (Wildman–Crippen MR) is 123 cm³/mol. The van der Waals surface area contributed by atoms with Crippen LogP contribution in [-0.2, 0) is 9.59 Å². The number of thioether (sulfide) groups is 1. The molecule has 2 amide bonds. The van der Waals surface area contributed by atoms with Crippen LogP contribution < -0.4 is 10.2 Å². The number of aliphatic carboxylic acids is 1. The van der Waals surface area contributed by atoms with E-state index in [4.69, 9.17) is 33.7 Å². The van der Waals surface area contributed by atoms with Crippen LogP contribution in [0.3, 0.4) is 0 Å². The van der Waals surface area contributed by atoms with E-state index in [0.717, 1.165) is 16.8 Å². The largest absolute Gasteiger partial charge is 0.479 e. The molecule has 0 radical (unpaired) electrons. The van der Waals surface area contributed by atoms with Gasteiger partial charge in [0.05, 0.1) is 15.5 Å². The Morgan fingerprint density at radius 3 is 2.55 bits per heavy atom. The van der Waals surface area contributed by atoms with Crippen LogP contribution in [0.15, 0.2) is 53.4 Å². The van der Waals surface area contributed by atoms with Gasteiger partial charge in [0.25, 0.3) is 11.8 Å². The van der Waals surface area contributed by atoms with Crippen molar-refractivity contribution in [3.63, 3.8) is 0 Å². The lowest BCUT2D eigenvalue weighted by Crippen LogP contribution is -2.44. The van der Waals surface area contributed by atoms with E-state index in [1.165, 1.54) is 0 Å². The minimum Gasteiger partial charge on any atom is -0.479 e. The first-order valence-corrected chi connectivity index (χ1v) is 10.7. The normalized spacial score (nSPS) is 15.8. The van der Waals surface area contributed by atoms with Gasteiger partial charge < -0.3 is 9.84 Å². The highest BCUT2D eigenvalue weighted by atomic mass is 35.5. The summed E-state index contributed by atoms with van der Waals surface area (Å²) in [6.45, 7) is 1.72. The Bertz CT molecular complexity index is 1070. The van der Waals surface area contributed by atoms with Crippen molar-refractivity contribution in [2.45, 2.75) is 19.4 Å². The summed E-state index contributed by atoms with van der Waals surface area (Å²) in [6, 6.07) is 13.1. The van der Waals surface area contributed by atoms with Crippen LogP contribution in [0, 0.1) is 0 Å². The van der Waals surface area contributed by atoms with Gasteiger partial charge in [-0.1, -0.05) is 54.6 Å². The fourth-order valence-electron chi connectivity index (χ4n) is 2.64. The van der Waals surface area contributed by atoms with Gasteiger partial charge in [-0.05, 0) is 54.5 Å². The van der Waals surface area contributed by atoms with Gasteiger partial charge in [0.2, 0.25) is 0 Å². The van der Waals surface area contributed by atoms with Crippen molar-refractivity contribution in [2.75, 3.05) is 0 Å². The zero-order chi connectivity index (χ0) is 22.5. The molecular formula is C21H17ClN2O5S2. The Morgan fingerprint density at radius 2 is 1.94 bits per heavy atom. The molecule has 1 atom stereocenters. The summed E-state index contributed by atoms with van der Waals surface area (Å²) in [7, 11) is 0. The standard InChI is InChI=1S/C21H17ClN2O5S2/c1-2-16(20(27)28)29-13-9-7-12(8-10-13)11-17-19(26)24(21(30)31-17)23-18(25)14-5-3-4-6-15(14)22/h3-11,16H,2H2,1H3,(H,23,25)(H,27,28)/b17-11+. The molecule has 1 saturated heterocycles. The number of hydrazine groups is 1. The number of nitrogens with one attached hydrogen (secondary N) is 1. The SMILES string of the molecule is CCC(Oc1ccc(/C=C2/SC(=S)N(NC(=O)c3ccccc3Cl)C2=O)cc1)C(=O)O. The molecule has 2 aromatic rings. The average Bonchev–Trinajstić information content (AvgIpc) is 3.00. The first kappa shape index (κ1) is 22.8. The molecule has 1 heterocycles. The number of amides is 2. The Kier molecular flexibility index (Phi) is 7.32. The van der Waals surface area contributed by atoms with Crippen LogP contribution in [0.25, 0.3) is 6.08 Å². The molecular weight excluding hydrogens is 460 g/mol. The van der Waals surface area contributed by atoms with Crippen LogP contribution in [0.1, 0.15) is 29.3 Å². The number of benzene rings is 2. The molecule has 1 aliphatic rings. The van der Waals surface area contributed by atoms with Crippen molar-refractivity contribution < 1.29 is 24.2 Å². The highest BCUT2D eigenvalue weighted by Crippen LogP contribution is 2.32. The van der Waals surface area contributed by atoms with Crippen molar-refractivity contribution in [1.29, 1.82) is 0 Å². The first-order valence-electron chi connectivity index (χ1n) is 9.13. The Labute approximate surface area is 193 Å². The van der Waals surface area contributed by atoms with Crippen LogP contribution in [-0.4, -0.2) is 38.3 Å². The van der Waals surface area contributed by atoms with Gasteiger partial charge in [0, 0.05) is 0 Å². The molecule has 3 rings (SSSR count). The van der Waals surface area contributed by atoms with E-state index >= 15 is 0 Å². The number of carboxylic acid groups (broad SMARTS) is 1. The molecule has 0 spiro atoms. The molecule has 1 fully saturated rings. The number of thiocarbonyl (C=S) groups is 1. The second-order valence-electron chi connectivity index (χ2n) is 6.36. The lowest BCUT2D eigenvalue weighted by atomic mass is 10.2. The second kappa shape index (κ2) is 9.95. The summed E-state index contributed by atoms with van der Waals surface area (Å²) in [5.74, 6) is -1.64. The summed E-state index contributed by atoms with van der Waals surface area (Å²) in [4.78, 5) is 36.6. The molecule has 0 aliphatic carbocycles. The highest BCUT2D eigenvalue weighted by Gasteiger charge is 2.34. The highest BCUT2D eigenvalue weighted by molar-refractivity contribution is 8.26. The number of carbonyl (C=O) groups is 3. The molecule has 31 heavy (non-hydrogen) atoms. The van der Waals surface area contributed by atoms with Gasteiger partial charge >= 0.3 is 5.97 Å². The number of halogens is 1. The summed E-state index contributed by atoms with van der Waals surface area (Å²) >= 11 is 12.3. The minimum atomic E-state index is -1.03. The van der Waals surface area contributed by atoms with E-state index in [0.29, 0.717) is 22.6 Å². The average molecular weight is 477 g/mol. The molecule has 2 aromatic carbocycles. The quantitative estimate of drug-likeness (QED) is 0.458. The molecule has 0 bridgehead atoms. The van der Waals surface area contributed by atoms with E-state index in [1.54, 1.807) is 61.5 Å². The maximum absolute atomic E-state index is 12.7. The predicted octanol–water partition coefficient (Wildman–Crippen LogP) is 4.13. The molecule has 2 N–H and O–H groups in total.